The lowest BCUT2D eigenvalue weighted by atomic mass is 9.72. The monoisotopic (exact) mass is 640 g/mol. The van der Waals surface area contributed by atoms with Crippen LogP contribution in [0.3, 0.4) is 0 Å². The Balaban J connectivity index is 2.33. The van der Waals surface area contributed by atoms with Crippen molar-refractivity contribution in [3.05, 3.63) is 60.2 Å². The Hall–Kier alpha value is -4.12. The van der Waals surface area contributed by atoms with Crippen LogP contribution in [0, 0.1) is 23.2 Å². The van der Waals surface area contributed by atoms with Crippen LogP contribution in [-0.2, 0) is 42.9 Å². The van der Waals surface area contributed by atoms with Crippen molar-refractivity contribution in [3.8, 4) is 0 Å². The van der Waals surface area contributed by atoms with Crippen LogP contribution in [0.15, 0.2) is 54.6 Å². The number of carbonyl (C=O) groups excluding carboxylic acids is 6. The molecule has 0 heterocycles. The van der Waals surface area contributed by atoms with Gasteiger partial charge in [0.25, 0.3) is 0 Å². The molecule has 11 heteroatoms. The van der Waals surface area contributed by atoms with Gasteiger partial charge in [-0.05, 0) is 44.7 Å². The highest BCUT2D eigenvalue weighted by molar-refractivity contribution is 5.95. The van der Waals surface area contributed by atoms with E-state index in [1.165, 1.54) is 38.1 Å². The van der Waals surface area contributed by atoms with Gasteiger partial charge in [-0.15, -0.1) is 0 Å². The number of benzene rings is 1. The first-order chi connectivity index (χ1) is 21.4. The van der Waals surface area contributed by atoms with Gasteiger partial charge in [0.2, 0.25) is 6.10 Å². The third-order valence-corrected chi connectivity index (χ3v) is 8.52. The zero-order valence-electron chi connectivity index (χ0n) is 27.4. The van der Waals surface area contributed by atoms with Gasteiger partial charge in [-0.3, -0.25) is 24.0 Å². The van der Waals surface area contributed by atoms with Gasteiger partial charge >= 0.3 is 23.9 Å². The van der Waals surface area contributed by atoms with Crippen molar-refractivity contribution in [2.45, 2.75) is 97.7 Å². The molecule has 0 aliphatic heterocycles. The number of aliphatic hydroxyl groups is 1. The smallest absolute Gasteiger partial charge is 0.338 e. The summed E-state index contributed by atoms with van der Waals surface area (Å²) in [5.74, 6) is -7.61. The minimum atomic E-state index is -2.24. The fourth-order valence-corrected chi connectivity index (χ4v) is 6.22. The molecule has 0 aromatic heterocycles. The highest BCUT2D eigenvalue weighted by Crippen LogP contribution is 2.49. The number of ether oxygens (including phenoxy) is 4. The van der Waals surface area contributed by atoms with Crippen LogP contribution in [0.25, 0.3) is 0 Å². The molecule has 0 saturated heterocycles. The standard InChI is InChI=1S/C35H44O11/c1-9-13-25(38)45-29-21(4)28(43-22(5)36)26-27(46-33(41)24-14-11-10-12-15-24)20(3)18-35(26,42)31(39)19(2)16-17-34(7,8)32(40)30(29)44-23(6)37/h10-12,14-17,19-20,26-30,42H,4,9,13,18H2,1-3,5-8H3. The van der Waals surface area contributed by atoms with Crippen molar-refractivity contribution in [2.75, 3.05) is 0 Å². The van der Waals surface area contributed by atoms with Crippen molar-refractivity contribution in [2.24, 2.45) is 23.2 Å². The van der Waals surface area contributed by atoms with Gasteiger partial charge < -0.3 is 24.1 Å². The molecule has 3 rings (SSSR count). The van der Waals surface area contributed by atoms with Gasteiger partial charge in [0.1, 0.15) is 17.8 Å². The number of rotatable bonds is 7. The van der Waals surface area contributed by atoms with E-state index in [1.807, 2.05) is 0 Å². The topological polar surface area (TPSA) is 160 Å². The summed E-state index contributed by atoms with van der Waals surface area (Å²) >= 11 is 0. The van der Waals surface area contributed by atoms with Crippen LogP contribution in [0.2, 0.25) is 0 Å². The van der Waals surface area contributed by atoms with E-state index in [1.54, 1.807) is 39.0 Å². The number of allylic oxidation sites excluding steroid dienone is 2. The molecular weight excluding hydrogens is 596 g/mol. The highest BCUT2D eigenvalue weighted by atomic mass is 16.6. The van der Waals surface area contributed by atoms with E-state index >= 15 is 0 Å². The normalized spacial score (nSPS) is 31.1. The zero-order chi connectivity index (χ0) is 34.6. The molecule has 1 aromatic carbocycles. The van der Waals surface area contributed by atoms with E-state index in [0.29, 0.717) is 6.42 Å². The van der Waals surface area contributed by atoms with Gasteiger partial charge in [-0.2, -0.15) is 0 Å². The summed E-state index contributed by atoms with van der Waals surface area (Å²) in [6.45, 7) is 14.3. The third kappa shape index (κ3) is 7.81. The molecule has 2 aliphatic carbocycles. The molecule has 8 unspecified atom stereocenters. The third-order valence-electron chi connectivity index (χ3n) is 8.52. The van der Waals surface area contributed by atoms with Crippen molar-refractivity contribution in [1.29, 1.82) is 0 Å². The van der Waals surface area contributed by atoms with E-state index in [-0.39, 0.29) is 24.0 Å². The zero-order valence-corrected chi connectivity index (χ0v) is 27.4. The van der Waals surface area contributed by atoms with Crippen LogP contribution in [0.4, 0.5) is 0 Å². The molecule has 1 saturated carbocycles. The van der Waals surface area contributed by atoms with Crippen molar-refractivity contribution >= 4 is 35.4 Å². The molecule has 0 amide bonds. The largest absolute Gasteiger partial charge is 0.458 e. The summed E-state index contributed by atoms with van der Waals surface area (Å²) in [5, 5.41) is 12.3. The second-order valence-electron chi connectivity index (χ2n) is 12.8. The quantitative estimate of drug-likeness (QED) is 0.260. The minimum Gasteiger partial charge on any atom is -0.458 e. The van der Waals surface area contributed by atoms with Crippen LogP contribution < -0.4 is 0 Å². The van der Waals surface area contributed by atoms with Crippen molar-refractivity contribution < 1.29 is 52.8 Å². The van der Waals surface area contributed by atoms with E-state index in [9.17, 15) is 33.9 Å². The molecule has 8 atom stereocenters. The lowest BCUT2D eigenvalue weighted by Gasteiger charge is -2.41. The molecule has 1 N–H and O–H groups in total. The van der Waals surface area contributed by atoms with Gasteiger partial charge in [0, 0.05) is 37.2 Å². The number of hydrogen-bond donors (Lipinski definition) is 1. The Morgan fingerprint density at radius 2 is 1.48 bits per heavy atom. The molecule has 1 fully saturated rings. The fraction of sp³-hybridized carbons (Fsp3) is 0.543. The first kappa shape index (κ1) is 36.3. The van der Waals surface area contributed by atoms with E-state index in [2.05, 4.69) is 6.58 Å². The molecule has 0 spiro atoms. The summed E-state index contributed by atoms with van der Waals surface area (Å²) < 4.78 is 22.9. The SMILES string of the molecule is C=C1C(OC(=O)CCC)C(OC(C)=O)C(=O)C(C)(C)C=CC(C)C(=O)C2(O)CC(C)C(OC(=O)c3ccccc3)C2C1OC(C)=O. The first-order valence-corrected chi connectivity index (χ1v) is 15.4. The maximum absolute atomic E-state index is 14.1. The number of carbonyl (C=O) groups is 6. The summed E-state index contributed by atoms with van der Waals surface area (Å²) in [4.78, 5) is 79.5. The number of Topliss-reactive ketones (excluding diaryl/α,β-unsaturated/α-hetero) is 2. The molecule has 1 aromatic rings. The Morgan fingerprint density at radius 3 is 2.04 bits per heavy atom. The Kier molecular flexibility index (Phi) is 11.5. The Morgan fingerprint density at radius 1 is 0.891 bits per heavy atom. The van der Waals surface area contributed by atoms with Crippen LogP contribution >= 0.6 is 0 Å². The summed E-state index contributed by atoms with van der Waals surface area (Å²) in [6, 6.07) is 8.08. The predicted octanol–water partition coefficient (Wildman–Crippen LogP) is 4.10. The van der Waals surface area contributed by atoms with Crippen molar-refractivity contribution in [1.82, 2.24) is 0 Å². The Labute approximate surface area is 269 Å². The summed E-state index contributed by atoms with van der Waals surface area (Å²) in [5.41, 5.74) is -3.63. The van der Waals surface area contributed by atoms with Gasteiger partial charge in [0.05, 0.1) is 11.5 Å². The lowest BCUT2D eigenvalue weighted by molar-refractivity contribution is -0.175. The first-order valence-electron chi connectivity index (χ1n) is 15.4. The molecule has 0 bridgehead atoms. The van der Waals surface area contributed by atoms with Gasteiger partial charge in [0.15, 0.2) is 17.7 Å². The van der Waals surface area contributed by atoms with Gasteiger partial charge in [-0.1, -0.05) is 57.7 Å². The second-order valence-corrected chi connectivity index (χ2v) is 12.8. The maximum Gasteiger partial charge on any atom is 0.338 e. The number of fused-ring (bicyclic) bond motifs is 1. The second kappa shape index (κ2) is 14.5. The molecular formula is C35H44O11. The number of hydrogen-bond acceptors (Lipinski definition) is 11. The lowest BCUT2D eigenvalue weighted by Crippen LogP contribution is -2.56. The molecule has 2 aliphatic rings. The number of ketones is 2. The number of esters is 4. The van der Waals surface area contributed by atoms with E-state index < -0.39 is 88.6 Å². The predicted molar refractivity (Wildman–Crippen MR) is 165 cm³/mol. The van der Waals surface area contributed by atoms with Crippen LogP contribution in [0.1, 0.15) is 78.1 Å². The molecule has 46 heavy (non-hydrogen) atoms. The molecule has 250 valence electrons. The van der Waals surface area contributed by atoms with Crippen molar-refractivity contribution in [3.63, 3.8) is 0 Å². The van der Waals surface area contributed by atoms with Crippen LogP contribution in [-0.4, -0.2) is 70.6 Å². The minimum absolute atomic E-state index is 0.0655. The highest BCUT2D eigenvalue weighted by Gasteiger charge is 2.63. The summed E-state index contributed by atoms with van der Waals surface area (Å²) in [7, 11) is 0. The Bertz CT molecular complexity index is 1390. The maximum atomic E-state index is 14.1. The van der Waals surface area contributed by atoms with E-state index in [0.717, 1.165) is 13.8 Å². The fourth-order valence-electron chi connectivity index (χ4n) is 6.22. The summed E-state index contributed by atoms with van der Waals surface area (Å²) in [6.07, 6.45) is -3.24. The van der Waals surface area contributed by atoms with E-state index in [4.69, 9.17) is 18.9 Å². The van der Waals surface area contributed by atoms with Crippen LogP contribution in [0.5, 0.6) is 0 Å². The molecule has 11 nitrogen and oxygen atoms in total. The average Bonchev–Trinajstić information content (AvgIpc) is 3.24. The average molecular weight is 641 g/mol. The molecule has 0 radical (unpaired) electrons. The van der Waals surface area contributed by atoms with Gasteiger partial charge in [-0.25, -0.2) is 4.79 Å².